The van der Waals surface area contributed by atoms with Crippen LogP contribution in [0.3, 0.4) is 0 Å². The first-order chi connectivity index (χ1) is 13.0. The number of pyridine rings is 1. The molecule has 0 saturated carbocycles. The lowest BCUT2D eigenvalue weighted by molar-refractivity contribution is 0.413. The van der Waals surface area contributed by atoms with Crippen molar-refractivity contribution in [3.63, 3.8) is 0 Å². The average molecular weight is 386 g/mol. The zero-order chi connectivity index (χ0) is 19.2. The van der Waals surface area contributed by atoms with Crippen molar-refractivity contribution in [2.45, 2.75) is 6.54 Å². The van der Waals surface area contributed by atoms with Crippen LogP contribution in [-0.2, 0) is 17.8 Å². The third kappa shape index (κ3) is 5.10. The predicted octanol–water partition coefficient (Wildman–Crippen LogP) is 3.52. The van der Waals surface area contributed by atoms with Gasteiger partial charge in [-0.15, -0.1) is 0 Å². The van der Waals surface area contributed by atoms with Gasteiger partial charge in [0, 0.05) is 41.3 Å². The van der Waals surface area contributed by atoms with Gasteiger partial charge in [0.1, 0.15) is 17.4 Å². The van der Waals surface area contributed by atoms with Gasteiger partial charge < -0.3 is 14.6 Å². The molecule has 1 heterocycles. The number of aromatic nitrogens is 1. The summed E-state index contributed by atoms with van der Waals surface area (Å²) in [4.78, 5) is 4.30. The second-order valence-electron chi connectivity index (χ2n) is 5.66. The molecule has 2 N–H and O–H groups in total. The van der Waals surface area contributed by atoms with E-state index in [0.29, 0.717) is 11.6 Å². The number of ether oxygens (including phenoxy) is 1. The Morgan fingerprint density at radius 1 is 1.19 bits per heavy atom. The molecule has 140 valence electrons. The Labute approximate surface area is 158 Å². The Morgan fingerprint density at radius 2 is 2.04 bits per heavy atom. The van der Waals surface area contributed by atoms with Crippen LogP contribution >= 0.6 is 0 Å². The third-order valence-corrected chi connectivity index (χ3v) is 4.21. The molecule has 0 radical (unpaired) electrons. The fourth-order valence-electron chi connectivity index (χ4n) is 2.62. The van der Waals surface area contributed by atoms with Crippen molar-refractivity contribution >= 4 is 22.8 Å². The van der Waals surface area contributed by atoms with Crippen molar-refractivity contribution in [1.29, 1.82) is 0 Å². The number of hydrogen-bond acceptors (Lipinski definition) is 5. The van der Waals surface area contributed by atoms with Crippen molar-refractivity contribution in [1.82, 2.24) is 9.71 Å². The largest absolute Gasteiger partial charge is 0.760 e. The second-order valence-corrected chi connectivity index (χ2v) is 6.41. The van der Waals surface area contributed by atoms with Gasteiger partial charge in [-0.25, -0.2) is 14.1 Å². The first-order valence-corrected chi connectivity index (χ1v) is 9.11. The van der Waals surface area contributed by atoms with Gasteiger partial charge >= 0.3 is 0 Å². The molecule has 0 aliphatic carbocycles. The van der Waals surface area contributed by atoms with Gasteiger partial charge in [-0.2, -0.15) is 0 Å². The van der Waals surface area contributed by atoms with E-state index in [9.17, 15) is 13.2 Å². The lowest BCUT2D eigenvalue weighted by atomic mass is 10.1. The summed E-state index contributed by atoms with van der Waals surface area (Å²) in [6.07, 6.45) is 1.65. The van der Waals surface area contributed by atoms with E-state index in [2.05, 4.69) is 15.0 Å². The molecule has 27 heavy (non-hydrogen) atoms. The number of methoxy groups -OCH3 is 1. The number of anilines is 2. The molecule has 1 aromatic heterocycles. The first kappa shape index (κ1) is 19.0. The van der Waals surface area contributed by atoms with Crippen molar-refractivity contribution in [2.75, 3.05) is 12.4 Å². The monoisotopic (exact) mass is 386 g/mol. The summed E-state index contributed by atoms with van der Waals surface area (Å²) in [5, 5.41) is 3.18. The summed E-state index contributed by atoms with van der Waals surface area (Å²) in [5.41, 5.74) is 3.14. The van der Waals surface area contributed by atoms with E-state index in [1.54, 1.807) is 12.3 Å². The van der Waals surface area contributed by atoms with Crippen LogP contribution in [0.25, 0.3) is 11.1 Å². The number of hydrogen-bond donors (Lipinski definition) is 2. The van der Waals surface area contributed by atoms with Gasteiger partial charge in [-0.3, -0.25) is 4.21 Å². The van der Waals surface area contributed by atoms with Gasteiger partial charge in [0.05, 0.1) is 7.11 Å². The van der Waals surface area contributed by atoms with E-state index in [-0.39, 0.29) is 12.4 Å². The van der Waals surface area contributed by atoms with E-state index < -0.39 is 11.3 Å². The lowest BCUT2D eigenvalue weighted by Crippen LogP contribution is -2.15. The van der Waals surface area contributed by atoms with Crippen molar-refractivity contribution in [3.8, 4) is 16.9 Å². The van der Waals surface area contributed by atoms with Crippen molar-refractivity contribution in [2.24, 2.45) is 0 Å². The molecule has 1 unspecified atom stereocenters. The summed E-state index contributed by atoms with van der Waals surface area (Å²) in [6.45, 7) is 0.200. The maximum absolute atomic E-state index is 13.4. The Hall–Kier alpha value is -2.81. The Bertz CT molecular complexity index is 968. The molecular formula is C19H17FN3O3S-. The highest BCUT2D eigenvalue weighted by Gasteiger charge is 2.08. The highest BCUT2D eigenvalue weighted by Crippen LogP contribution is 2.31. The Balaban J connectivity index is 1.83. The molecule has 0 aliphatic rings. The maximum atomic E-state index is 13.4. The van der Waals surface area contributed by atoms with E-state index >= 15 is 0 Å². The number of benzene rings is 2. The molecule has 0 fully saturated rings. The highest BCUT2D eigenvalue weighted by molar-refractivity contribution is 7.77. The van der Waals surface area contributed by atoms with Gasteiger partial charge in [-0.1, -0.05) is 12.1 Å². The Kier molecular flexibility index (Phi) is 6.12. The van der Waals surface area contributed by atoms with Crippen LogP contribution in [-0.4, -0.2) is 20.9 Å². The first-order valence-electron chi connectivity index (χ1n) is 8.04. The minimum atomic E-state index is -2.31. The minimum Gasteiger partial charge on any atom is -0.760 e. The quantitative estimate of drug-likeness (QED) is 0.607. The summed E-state index contributed by atoms with van der Waals surface area (Å²) in [6, 6.07) is 15.3. The van der Waals surface area contributed by atoms with E-state index in [1.165, 1.54) is 19.2 Å². The molecule has 8 heteroatoms. The zero-order valence-corrected chi connectivity index (χ0v) is 15.3. The molecule has 0 bridgehead atoms. The van der Waals surface area contributed by atoms with Crippen LogP contribution in [0.5, 0.6) is 5.75 Å². The highest BCUT2D eigenvalue weighted by atomic mass is 32.2. The van der Waals surface area contributed by atoms with Crippen LogP contribution in [0.15, 0.2) is 60.8 Å². The van der Waals surface area contributed by atoms with Gasteiger partial charge in [0.15, 0.2) is 0 Å². The second kappa shape index (κ2) is 8.72. The van der Waals surface area contributed by atoms with E-state index in [1.807, 2.05) is 36.4 Å². The van der Waals surface area contributed by atoms with Crippen LogP contribution in [0.4, 0.5) is 15.9 Å². The van der Waals surface area contributed by atoms with Crippen molar-refractivity contribution < 1.29 is 17.9 Å². The minimum absolute atomic E-state index is 0.200. The fraction of sp³-hybridized carbons (Fsp3) is 0.105. The summed E-state index contributed by atoms with van der Waals surface area (Å²) in [5.74, 6) is 0.662. The SMILES string of the molecule is COc1cc(F)ccc1-c1ccnc(Nc2cccc(CNS(=O)[O-])c2)c1. The topological polar surface area (TPSA) is 86.3 Å². The molecular weight excluding hydrogens is 369 g/mol. The molecule has 0 aliphatic heterocycles. The normalized spacial score (nSPS) is 11.8. The van der Waals surface area contributed by atoms with Crippen LogP contribution < -0.4 is 14.8 Å². The summed E-state index contributed by atoms with van der Waals surface area (Å²) in [7, 11) is 1.49. The molecule has 1 atom stereocenters. The summed E-state index contributed by atoms with van der Waals surface area (Å²) < 4.78 is 42.3. The zero-order valence-electron chi connectivity index (χ0n) is 14.4. The number of nitrogens with one attached hydrogen (secondary N) is 2. The predicted molar refractivity (Wildman–Crippen MR) is 102 cm³/mol. The molecule has 6 nitrogen and oxygen atoms in total. The third-order valence-electron chi connectivity index (χ3n) is 3.83. The lowest BCUT2D eigenvalue weighted by Gasteiger charge is -2.12. The van der Waals surface area contributed by atoms with Crippen LogP contribution in [0, 0.1) is 5.82 Å². The fourth-order valence-corrected chi connectivity index (χ4v) is 2.90. The average Bonchev–Trinajstić information content (AvgIpc) is 2.67. The standard InChI is InChI=1S/C19H18FN3O3S/c1-26-18-11-15(20)5-6-17(18)14-7-8-21-19(10-14)23-16-4-2-3-13(9-16)12-22-27(24)25/h2-11,22H,12H2,1H3,(H,21,23)(H,24,25)/p-1. The number of nitrogens with zero attached hydrogens (tertiary/aromatic N) is 1. The van der Waals surface area contributed by atoms with Crippen molar-refractivity contribution in [3.05, 3.63) is 72.2 Å². The van der Waals surface area contributed by atoms with Gasteiger partial charge in [0.2, 0.25) is 0 Å². The number of rotatable bonds is 7. The van der Waals surface area contributed by atoms with E-state index in [0.717, 1.165) is 22.4 Å². The smallest absolute Gasteiger partial charge is 0.130 e. The maximum Gasteiger partial charge on any atom is 0.130 e. The van der Waals surface area contributed by atoms with E-state index in [4.69, 9.17) is 4.74 Å². The molecule has 2 aromatic carbocycles. The molecule has 0 amide bonds. The Morgan fingerprint density at radius 3 is 2.81 bits per heavy atom. The summed E-state index contributed by atoms with van der Waals surface area (Å²) >= 11 is -2.31. The molecule has 0 saturated heterocycles. The molecule has 3 aromatic rings. The molecule has 0 spiro atoms. The number of halogens is 1. The van der Waals surface area contributed by atoms with Gasteiger partial charge in [0.25, 0.3) is 0 Å². The van der Waals surface area contributed by atoms with Crippen LogP contribution in [0.1, 0.15) is 5.56 Å². The molecule has 3 rings (SSSR count). The van der Waals surface area contributed by atoms with Gasteiger partial charge in [-0.05, 0) is 47.5 Å². The van der Waals surface area contributed by atoms with Crippen LogP contribution in [0.2, 0.25) is 0 Å².